The molecule has 2 aromatic rings. The number of aryl methyl sites for hydroxylation is 1. The molecule has 1 atom stereocenters. The van der Waals surface area contributed by atoms with Crippen molar-refractivity contribution >= 4 is 26.9 Å². The number of aromatic amines is 1. The van der Waals surface area contributed by atoms with Crippen LogP contribution < -0.4 is 16.6 Å². The fourth-order valence-corrected chi connectivity index (χ4v) is 3.12. The molecule has 9 nitrogen and oxygen atoms in total. The molecule has 0 saturated heterocycles. The van der Waals surface area contributed by atoms with Gasteiger partial charge in [-0.1, -0.05) is 0 Å². The van der Waals surface area contributed by atoms with Crippen LogP contribution in [-0.2, 0) is 23.9 Å². The van der Waals surface area contributed by atoms with Crippen molar-refractivity contribution in [3.8, 4) is 0 Å². The summed E-state index contributed by atoms with van der Waals surface area (Å²) in [4.78, 5) is 30.7. The molecule has 0 aliphatic heterocycles. The van der Waals surface area contributed by atoms with Crippen molar-refractivity contribution in [3.63, 3.8) is 0 Å². The standard InChI is InChI=1S/C11H17N5O4S/c1-6(5-21(4,19)20)12-10-13-7-8(14-10)15(2)11(18)16(3)9(7)17/h6H,5H2,1-4H3,(H2,12,13,14). The second-order valence-electron chi connectivity index (χ2n) is 5.13. The van der Waals surface area contributed by atoms with Gasteiger partial charge in [-0.25, -0.2) is 13.2 Å². The predicted molar refractivity (Wildman–Crippen MR) is 79.4 cm³/mol. The lowest BCUT2D eigenvalue weighted by Crippen LogP contribution is -2.36. The van der Waals surface area contributed by atoms with Crippen molar-refractivity contribution in [2.75, 3.05) is 17.3 Å². The molecule has 0 fully saturated rings. The van der Waals surface area contributed by atoms with Gasteiger partial charge in [0, 0.05) is 26.4 Å². The Morgan fingerprint density at radius 3 is 2.48 bits per heavy atom. The molecule has 1 unspecified atom stereocenters. The largest absolute Gasteiger partial charge is 0.352 e. The summed E-state index contributed by atoms with van der Waals surface area (Å²) in [6, 6.07) is -0.388. The molecule has 0 saturated carbocycles. The summed E-state index contributed by atoms with van der Waals surface area (Å²) in [5, 5.41) is 2.87. The molecule has 0 aliphatic rings. The van der Waals surface area contributed by atoms with Crippen LogP contribution >= 0.6 is 0 Å². The van der Waals surface area contributed by atoms with Crippen LogP contribution in [0.4, 0.5) is 5.95 Å². The average molecular weight is 315 g/mol. The first-order valence-corrected chi connectivity index (χ1v) is 8.26. The van der Waals surface area contributed by atoms with Gasteiger partial charge in [0.05, 0.1) is 5.75 Å². The Morgan fingerprint density at radius 1 is 1.29 bits per heavy atom. The van der Waals surface area contributed by atoms with Gasteiger partial charge >= 0.3 is 5.69 Å². The summed E-state index contributed by atoms with van der Waals surface area (Å²) in [6.07, 6.45) is 1.14. The van der Waals surface area contributed by atoms with Crippen LogP contribution in [0.1, 0.15) is 6.92 Å². The van der Waals surface area contributed by atoms with Crippen molar-refractivity contribution in [1.29, 1.82) is 0 Å². The Kier molecular flexibility index (Phi) is 3.66. The summed E-state index contributed by atoms with van der Waals surface area (Å²) >= 11 is 0. The number of rotatable bonds is 4. The third-order valence-electron chi connectivity index (χ3n) is 3.03. The van der Waals surface area contributed by atoms with Gasteiger partial charge < -0.3 is 10.3 Å². The molecular formula is C11H17N5O4S. The topological polar surface area (TPSA) is 119 Å². The van der Waals surface area contributed by atoms with Crippen molar-refractivity contribution in [3.05, 3.63) is 20.8 Å². The third-order valence-corrected chi connectivity index (χ3v) is 4.14. The highest BCUT2D eigenvalue weighted by molar-refractivity contribution is 7.90. The van der Waals surface area contributed by atoms with E-state index < -0.39 is 21.1 Å². The van der Waals surface area contributed by atoms with Gasteiger partial charge in [0.15, 0.2) is 11.2 Å². The van der Waals surface area contributed by atoms with Crippen LogP contribution in [0.5, 0.6) is 0 Å². The molecule has 2 rings (SSSR count). The van der Waals surface area contributed by atoms with E-state index in [4.69, 9.17) is 0 Å². The van der Waals surface area contributed by atoms with Gasteiger partial charge in [0.1, 0.15) is 9.84 Å². The number of fused-ring (bicyclic) bond motifs is 1. The molecule has 0 spiro atoms. The molecule has 2 heterocycles. The van der Waals surface area contributed by atoms with Crippen molar-refractivity contribution < 1.29 is 8.42 Å². The van der Waals surface area contributed by atoms with Gasteiger partial charge in [0.25, 0.3) is 5.56 Å². The number of hydrogen-bond acceptors (Lipinski definition) is 6. The number of aromatic nitrogens is 4. The Labute approximate surface area is 120 Å². The number of nitrogens with zero attached hydrogens (tertiary/aromatic N) is 3. The summed E-state index contributed by atoms with van der Waals surface area (Å²) in [5.41, 5.74) is -0.551. The van der Waals surface area contributed by atoms with E-state index in [1.54, 1.807) is 6.92 Å². The first kappa shape index (κ1) is 15.3. The normalized spacial score (nSPS) is 13.5. The maximum Gasteiger partial charge on any atom is 0.332 e. The number of imidazole rings is 1. The molecule has 2 N–H and O–H groups in total. The zero-order chi connectivity index (χ0) is 15.9. The summed E-state index contributed by atoms with van der Waals surface area (Å²) in [7, 11) is -0.241. The molecule has 21 heavy (non-hydrogen) atoms. The molecule has 0 aromatic carbocycles. The SMILES string of the molecule is CC(CS(C)(=O)=O)Nc1nc2c([nH]1)c(=O)n(C)c(=O)n2C. The van der Waals surface area contributed by atoms with E-state index in [-0.39, 0.29) is 28.9 Å². The molecule has 10 heteroatoms. The van der Waals surface area contributed by atoms with E-state index in [0.717, 1.165) is 10.8 Å². The second-order valence-corrected chi connectivity index (χ2v) is 7.31. The van der Waals surface area contributed by atoms with E-state index in [1.807, 2.05) is 0 Å². The first-order chi connectivity index (χ1) is 9.60. The predicted octanol–water partition coefficient (Wildman–Crippen LogP) is -1.19. The lowest BCUT2D eigenvalue weighted by atomic mass is 10.4. The summed E-state index contributed by atoms with van der Waals surface area (Å²) < 4.78 is 24.7. The molecule has 0 radical (unpaired) electrons. The summed E-state index contributed by atoms with van der Waals surface area (Å²) in [6.45, 7) is 1.69. The lowest BCUT2D eigenvalue weighted by Gasteiger charge is -2.10. The van der Waals surface area contributed by atoms with Gasteiger partial charge in [0.2, 0.25) is 5.95 Å². The zero-order valence-electron chi connectivity index (χ0n) is 12.2. The number of anilines is 1. The third kappa shape index (κ3) is 2.99. The minimum Gasteiger partial charge on any atom is -0.352 e. The lowest BCUT2D eigenvalue weighted by molar-refractivity contribution is 0.598. The zero-order valence-corrected chi connectivity index (χ0v) is 13.0. The highest BCUT2D eigenvalue weighted by Crippen LogP contribution is 2.09. The second kappa shape index (κ2) is 5.02. The minimum atomic E-state index is -3.13. The Bertz CT molecular complexity index is 905. The molecule has 0 amide bonds. The number of H-pyrrole nitrogens is 1. The van der Waals surface area contributed by atoms with E-state index in [0.29, 0.717) is 0 Å². The van der Waals surface area contributed by atoms with E-state index in [2.05, 4.69) is 15.3 Å². The van der Waals surface area contributed by atoms with Crippen molar-refractivity contribution in [2.45, 2.75) is 13.0 Å². The Hall–Kier alpha value is -2.10. The van der Waals surface area contributed by atoms with Crippen LogP contribution in [0, 0.1) is 0 Å². The molecule has 0 aliphatic carbocycles. The quantitative estimate of drug-likeness (QED) is 0.732. The van der Waals surface area contributed by atoms with Gasteiger partial charge in [-0.3, -0.25) is 13.9 Å². The number of nitrogens with one attached hydrogen (secondary N) is 2. The number of hydrogen-bond donors (Lipinski definition) is 2. The molecular weight excluding hydrogens is 298 g/mol. The van der Waals surface area contributed by atoms with Gasteiger partial charge in [-0.05, 0) is 6.92 Å². The van der Waals surface area contributed by atoms with Gasteiger partial charge in [-0.2, -0.15) is 4.98 Å². The minimum absolute atomic E-state index is 0.0685. The van der Waals surface area contributed by atoms with Crippen LogP contribution in [-0.4, -0.2) is 45.6 Å². The fraction of sp³-hybridized carbons (Fsp3) is 0.545. The Morgan fingerprint density at radius 2 is 1.90 bits per heavy atom. The highest BCUT2D eigenvalue weighted by atomic mass is 32.2. The van der Waals surface area contributed by atoms with Crippen LogP contribution in [0.15, 0.2) is 9.59 Å². The van der Waals surface area contributed by atoms with Gasteiger partial charge in [-0.15, -0.1) is 0 Å². The van der Waals surface area contributed by atoms with E-state index in [9.17, 15) is 18.0 Å². The first-order valence-electron chi connectivity index (χ1n) is 6.20. The Balaban J connectivity index is 2.45. The van der Waals surface area contributed by atoms with Crippen LogP contribution in [0.2, 0.25) is 0 Å². The molecule has 0 bridgehead atoms. The van der Waals surface area contributed by atoms with E-state index >= 15 is 0 Å². The van der Waals surface area contributed by atoms with Crippen molar-refractivity contribution in [1.82, 2.24) is 19.1 Å². The smallest absolute Gasteiger partial charge is 0.332 e. The van der Waals surface area contributed by atoms with Crippen molar-refractivity contribution in [2.24, 2.45) is 14.1 Å². The van der Waals surface area contributed by atoms with Crippen LogP contribution in [0.3, 0.4) is 0 Å². The summed E-state index contributed by atoms with van der Waals surface area (Å²) in [5.74, 6) is 0.181. The molecule has 116 valence electrons. The molecule has 2 aromatic heterocycles. The van der Waals surface area contributed by atoms with E-state index in [1.165, 1.54) is 18.7 Å². The number of sulfone groups is 1. The van der Waals surface area contributed by atoms with Crippen LogP contribution in [0.25, 0.3) is 11.2 Å². The monoisotopic (exact) mass is 315 g/mol. The highest BCUT2D eigenvalue weighted by Gasteiger charge is 2.16. The fourth-order valence-electron chi connectivity index (χ4n) is 2.12. The maximum atomic E-state index is 12.0. The average Bonchev–Trinajstić information content (AvgIpc) is 2.75. The maximum absolute atomic E-state index is 12.0.